The molecule has 0 radical (unpaired) electrons. The van der Waals surface area contributed by atoms with E-state index in [1.54, 1.807) is 19.0 Å². The van der Waals surface area contributed by atoms with E-state index < -0.39 is 0 Å². The Morgan fingerprint density at radius 2 is 2.07 bits per heavy atom. The molecule has 158 valence electrons. The summed E-state index contributed by atoms with van der Waals surface area (Å²) in [5, 5.41) is 6.63. The van der Waals surface area contributed by atoms with Crippen LogP contribution in [0.2, 0.25) is 0 Å². The van der Waals surface area contributed by atoms with Crippen molar-refractivity contribution in [2.45, 2.75) is 32.6 Å². The first-order chi connectivity index (χ1) is 13.1. The molecule has 1 saturated carbocycles. The molecule has 1 aromatic rings. The molecule has 0 aromatic heterocycles. The molecule has 2 rings (SSSR count). The molecular formula is C21H35IN4O2. The maximum absolute atomic E-state index is 12.1. The minimum absolute atomic E-state index is 0. The van der Waals surface area contributed by atoms with Crippen molar-refractivity contribution in [2.75, 3.05) is 46.9 Å². The van der Waals surface area contributed by atoms with Gasteiger partial charge in [0.25, 0.3) is 5.91 Å². The molecule has 0 spiro atoms. The highest BCUT2D eigenvalue weighted by molar-refractivity contribution is 14.0. The van der Waals surface area contributed by atoms with E-state index >= 15 is 0 Å². The molecule has 0 heterocycles. The van der Waals surface area contributed by atoms with Crippen LogP contribution in [0.3, 0.4) is 0 Å². The van der Waals surface area contributed by atoms with E-state index in [1.165, 1.54) is 12.8 Å². The minimum atomic E-state index is 0. The molecule has 6 nitrogen and oxygen atoms in total. The first kappa shape index (κ1) is 24.7. The lowest BCUT2D eigenvalue weighted by Crippen LogP contribution is -2.38. The number of amides is 1. The van der Waals surface area contributed by atoms with Gasteiger partial charge in [0.2, 0.25) is 0 Å². The summed E-state index contributed by atoms with van der Waals surface area (Å²) in [4.78, 5) is 18.3. The molecule has 0 aliphatic heterocycles. The molecule has 2 N–H and O–H groups in total. The van der Waals surface area contributed by atoms with Gasteiger partial charge in [0.05, 0.1) is 0 Å². The summed E-state index contributed by atoms with van der Waals surface area (Å²) in [7, 11) is 3.54. The average molecular weight is 502 g/mol. The first-order valence-electron chi connectivity index (χ1n) is 10.0. The molecule has 1 fully saturated rings. The van der Waals surface area contributed by atoms with Crippen molar-refractivity contribution in [3.63, 3.8) is 0 Å². The highest BCUT2D eigenvalue weighted by Crippen LogP contribution is 2.28. The highest BCUT2D eigenvalue weighted by atomic mass is 127. The van der Waals surface area contributed by atoms with Crippen molar-refractivity contribution >= 4 is 35.8 Å². The van der Waals surface area contributed by atoms with Gasteiger partial charge in [-0.3, -0.25) is 9.79 Å². The predicted octanol–water partition coefficient (Wildman–Crippen LogP) is 2.92. The highest BCUT2D eigenvalue weighted by Gasteiger charge is 2.20. The Morgan fingerprint density at radius 3 is 2.75 bits per heavy atom. The SMILES string of the molecule is CCNC(=NCCCOCC1CC1)NCCc1cccc(C(=O)N(C)C)c1.I. The smallest absolute Gasteiger partial charge is 0.253 e. The summed E-state index contributed by atoms with van der Waals surface area (Å²) in [6.07, 6.45) is 4.44. The van der Waals surface area contributed by atoms with Crippen LogP contribution in [0, 0.1) is 5.92 Å². The predicted molar refractivity (Wildman–Crippen MR) is 126 cm³/mol. The Labute approximate surface area is 186 Å². The largest absolute Gasteiger partial charge is 0.381 e. The third kappa shape index (κ3) is 9.73. The van der Waals surface area contributed by atoms with Gasteiger partial charge in [0.15, 0.2) is 5.96 Å². The van der Waals surface area contributed by atoms with Crippen LogP contribution in [0.15, 0.2) is 29.3 Å². The van der Waals surface area contributed by atoms with Crippen LogP contribution < -0.4 is 10.6 Å². The molecule has 28 heavy (non-hydrogen) atoms. The van der Waals surface area contributed by atoms with Crippen LogP contribution in [0.1, 0.15) is 42.1 Å². The number of halogens is 1. The number of benzene rings is 1. The van der Waals surface area contributed by atoms with Crippen LogP contribution >= 0.6 is 24.0 Å². The van der Waals surface area contributed by atoms with Gasteiger partial charge in [-0.25, -0.2) is 0 Å². The Kier molecular flexibility index (Phi) is 12.1. The topological polar surface area (TPSA) is 66.0 Å². The van der Waals surface area contributed by atoms with Gasteiger partial charge in [-0.05, 0) is 56.2 Å². The summed E-state index contributed by atoms with van der Waals surface area (Å²) >= 11 is 0. The fraction of sp³-hybridized carbons (Fsp3) is 0.619. The number of guanidine groups is 1. The molecule has 1 aliphatic carbocycles. The maximum Gasteiger partial charge on any atom is 0.253 e. The molecule has 7 heteroatoms. The van der Waals surface area contributed by atoms with Gasteiger partial charge in [-0.2, -0.15) is 0 Å². The Bertz CT molecular complexity index is 618. The molecule has 0 saturated heterocycles. The molecular weight excluding hydrogens is 467 g/mol. The third-order valence-electron chi connectivity index (χ3n) is 4.40. The van der Waals surface area contributed by atoms with Gasteiger partial charge in [0, 0.05) is 52.5 Å². The van der Waals surface area contributed by atoms with E-state index in [-0.39, 0.29) is 29.9 Å². The van der Waals surface area contributed by atoms with Gasteiger partial charge in [-0.15, -0.1) is 24.0 Å². The second-order valence-corrected chi connectivity index (χ2v) is 7.21. The van der Waals surface area contributed by atoms with Gasteiger partial charge in [-0.1, -0.05) is 12.1 Å². The molecule has 1 aliphatic rings. The maximum atomic E-state index is 12.1. The number of hydrogen-bond donors (Lipinski definition) is 2. The number of carbonyl (C=O) groups excluding carboxylic acids is 1. The van der Waals surface area contributed by atoms with E-state index in [9.17, 15) is 4.79 Å². The van der Waals surface area contributed by atoms with Crippen molar-refractivity contribution in [3.8, 4) is 0 Å². The van der Waals surface area contributed by atoms with Crippen molar-refractivity contribution in [1.82, 2.24) is 15.5 Å². The van der Waals surface area contributed by atoms with E-state index in [0.717, 1.165) is 68.7 Å². The summed E-state index contributed by atoms with van der Waals surface area (Å²) in [6, 6.07) is 7.81. The zero-order chi connectivity index (χ0) is 19.5. The Balaban J connectivity index is 0.00000392. The summed E-state index contributed by atoms with van der Waals surface area (Å²) in [5.74, 6) is 1.68. The standard InChI is InChI=1S/C21H34N4O2.HI/c1-4-22-21(23-12-6-14-27-16-18-9-10-18)24-13-11-17-7-5-8-19(15-17)20(26)25(2)3;/h5,7-8,15,18H,4,6,9-14,16H2,1-3H3,(H2,22,23,24);1H. The van der Waals surface area contributed by atoms with Crippen LogP contribution in [0.4, 0.5) is 0 Å². The van der Waals surface area contributed by atoms with Crippen LogP contribution in [-0.2, 0) is 11.2 Å². The van der Waals surface area contributed by atoms with Crippen LogP contribution in [0.25, 0.3) is 0 Å². The van der Waals surface area contributed by atoms with Crippen molar-refractivity contribution in [2.24, 2.45) is 10.9 Å². The second kappa shape index (κ2) is 13.8. The number of nitrogens with zero attached hydrogens (tertiary/aromatic N) is 2. The first-order valence-corrected chi connectivity index (χ1v) is 10.0. The quantitative estimate of drug-likeness (QED) is 0.212. The fourth-order valence-corrected chi connectivity index (χ4v) is 2.68. The normalized spacial score (nSPS) is 13.6. The lowest BCUT2D eigenvalue weighted by molar-refractivity contribution is 0.0827. The Hall–Kier alpha value is -1.35. The summed E-state index contributed by atoms with van der Waals surface area (Å²) < 4.78 is 5.64. The lowest BCUT2D eigenvalue weighted by Gasteiger charge is -2.13. The number of hydrogen-bond acceptors (Lipinski definition) is 3. The minimum Gasteiger partial charge on any atom is -0.381 e. The van der Waals surface area contributed by atoms with Gasteiger partial charge >= 0.3 is 0 Å². The fourth-order valence-electron chi connectivity index (χ4n) is 2.68. The Morgan fingerprint density at radius 1 is 1.29 bits per heavy atom. The second-order valence-electron chi connectivity index (χ2n) is 7.21. The monoisotopic (exact) mass is 502 g/mol. The van der Waals surface area contributed by atoms with Crippen LogP contribution in [-0.4, -0.2) is 63.7 Å². The van der Waals surface area contributed by atoms with E-state index in [4.69, 9.17) is 4.74 Å². The van der Waals surface area contributed by atoms with Gasteiger partial charge in [0.1, 0.15) is 0 Å². The van der Waals surface area contributed by atoms with E-state index in [0.29, 0.717) is 0 Å². The van der Waals surface area contributed by atoms with E-state index in [1.807, 2.05) is 18.2 Å². The number of rotatable bonds is 11. The number of carbonyl (C=O) groups is 1. The lowest BCUT2D eigenvalue weighted by atomic mass is 10.1. The third-order valence-corrected chi connectivity index (χ3v) is 4.40. The molecule has 1 aromatic carbocycles. The zero-order valence-corrected chi connectivity index (χ0v) is 19.7. The number of aliphatic imine (C=N–C) groups is 1. The van der Waals surface area contributed by atoms with E-state index in [2.05, 4.69) is 28.6 Å². The number of ether oxygens (including phenoxy) is 1. The van der Waals surface area contributed by atoms with Gasteiger partial charge < -0.3 is 20.3 Å². The molecule has 0 unspecified atom stereocenters. The van der Waals surface area contributed by atoms with Crippen molar-refractivity contribution < 1.29 is 9.53 Å². The zero-order valence-electron chi connectivity index (χ0n) is 17.4. The van der Waals surface area contributed by atoms with Crippen molar-refractivity contribution in [1.29, 1.82) is 0 Å². The molecule has 1 amide bonds. The molecule has 0 atom stereocenters. The average Bonchev–Trinajstić information content (AvgIpc) is 3.48. The summed E-state index contributed by atoms with van der Waals surface area (Å²) in [5.41, 5.74) is 1.86. The van der Waals surface area contributed by atoms with Crippen LogP contribution in [0.5, 0.6) is 0 Å². The summed E-state index contributed by atoms with van der Waals surface area (Å²) in [6.45, 7) is 6.11. The van der Waals surface area contributed by atoms with Crippen molar-refractivity contribution in [3.05, 3.63) is 35.4 Å². The molecule has 0 bridgehead atoms. The number of nitrogens with one attached hydrogen (secondary N) is 2.